The fourth-order valence-electron chi connectivity index (χ4n) is 1.16. The summed E-state index contributed by atoms with van der Waals surface area (Å²) in [5.74, 6) is 0.266. The van der Waals surface area contributed by atoms with E-state index in [4.69, 9.17) is 9.47 Å². The maximum absolute atomic E-state index is 12.6. The molecule has 0 unspecified atom stereocenters. The molecule has 0 N–H and O–H groups in total. The van der Waals surface area contributed by atoms with E-state index in [0.717, 1.165) is 16.4 Å². The highest BCUT2D eigenvalue weighted by molar-refractivity contribution is 7.99. The third-order valence-corrected chi connectivity index (χ3v) is 3.01. The van der Waals surface area contributed by atoms with Crippen molar-refractivity contribution in [2.75, 3.05) is 20.0 Å². The van der Waals surface area contributed by atoms with Crippen LogP contribution >= 0.6 is 11.8 Å². The van der Waals surface area contributed by atoms with Crippen LogP contribution in [0.4, 0.5) is 13.2 Å². The second kappa shape index (κ2) is 5.74. The van der Waals surface area contributed by atoms with Crippen LogP contribution in [0.5, 0.6) is 0 Å². The van der Waals surface area contributed by atoms with Crippen LogP contribution in [0.1, 0.15) is 5.69 Å². The van der Waals surface area contributed by atoms with Crippen LogP contribution in [0.3, 0.4) is 0 Å². The Kier molecular flexibility index (Phi) is 4.84. The minimum atomic E-state index is -4.45. The molecule has 0 saturated carbocycles. The molecular weight excluding hydrogens is 257 g/mol. The minimum Gasteiger partial charge on any atom is -0.355 e. The van der Waals surface area contributed by atoms with Gasteiger partial charge in [0.1, 0.15) is 0 Å². The molecule has 1 heterocycles. The molecule has 0 aliphatic rings. The van der Waals surface area contributed by atoms with Gasteiger partial charge in [0.25, 0.3) is 0 Å². The van der Waals surface area contributed by atoms with Crippen molar-refractivity contribution in [3.8, 4) is 0 Å². The normalized spacial score (nSPS) is 12.4. The van der Waals surface area contributed by atoms with Crippen molar-refractivity contribution in [3.63, 3.8) is 0 Å². The zero-order valence-corrected chi connectivity index (χ0v) is 10.4. The van der Waals surface area contributed by atoms with Crippen molar-refractivity contribution in [1.82, 2.24) is 9.78 Å². The first kappa shape index (κ1) is 14.3. The molecule has 98 valence electrons. The van der Waals surface area contributed by atoms with Crippen molar-refractivity contribution < 1.29 is 22.6 Å². The number of aryl methyl sites for hydroxylation is 1. The summed E-state index contributed by atoms with van der Waals surface area (Å²) in [4.78, 5) is 0.0686. The average molecular weight is 270 g/mol. The van der Waals surface area contributed by atoms with E-state index in [0.29, 0.717) is 0 Å². The van der Waals surface area contributed by atoms with Gasteiger partial charge in [0, 0.05) is 33.2 Å². The largest absolute Gasteiger partial charge is 0.436 e. The van der Waals surface area contributed by atoms with Gasteiger partial charge in [0.2, 0.25) is 0 Å². The number of hydrogen-bond donors (Lipinski definition) is 0. The molecule has 0 bridgehead atoms. The first-order valence-electron chi connectivity index (χ1n) is 4.67. The van der Waals surface area contributed by atoms with Crippen LogP contribution in [-0.2, 0) is 22.7 Å². The van der Waals surface area contributed by atoms with E-state index >= 15 is 0 Å². The number of halogens is 3. The summed E-state index contributed by atoms with van der Waals surface area (Å²) in [6.07, 6.45) is -3.66. The lowest BCUT2D eigenvalue weighted by atomic mass is 10.4. The average Bonchev–Trinajstić information content (AvgIpc) is 2.61. The summed E-state index contributed by atoms with van der Waals surface area (Å²) in [5, 5.41) is 3.40. The number of hydrogen-bond acceptors (Lipinski definition) is 4. The molecule has 0 fully saturated rings. The number of alkyl halides is 3. The molecule has 0 spiro atoms. The SMILES string of the molecule is COC(CSc1cn(C)nc1C(F)(F)F)OC. The number of aromatic nitrogens is 2. The van der Waals surface area contributed by atoms with Gasteiger partial charge in [-0.2, -0.15) is 18.3 Å². The minimum absolute atomic E-state index is 0.0686. The highest BCUT2D eigenvalue weighted by atomic mass is 32.2. The number of methoxy groups -OCH3 is 2. The molecule has 0 saturated heterocycles. The van der Waals surface area contributed by atoms with Crippen molar-refractivity contribution >= 4 is 11.8 Å². The molecule has 1 rings (SSSR count). The van der Waals surface area contributed by atoms with Gasteiger partial charge in [-0.25, -0.2) is 0 Å². The van der Waals surface area contributed by atoms with Crippen molar-refractivity contribution in [3.05, 3.63) is 11.9 Å². The van der Waals surface area contributed by atoms with Gasteiger partial charge in [-0.1, -0.05) is 0 Å². The number of thioether (sulfide) groups is 1. The zero-order valence-electron chi connectivity index (χ0n) is 9.61. The molecule has 8 heteroatoms. The number of ether oxygens (including phenoxy) is 2. The molecule has 4 nitrogen and oxygen atoms in total. The van der Waals surface area contributed by atoms with Gasteiger partial charge in [0.05, 0.1) is 4.90 Å². The molecule has 0 aliphatic carbocycles. The quantitative estimate of drug-likeness (QED) is 0.607. The van der Waals surface area contributed by atoms with Crippen LogP contribution in [0.15, 0.2) is 11.1 Å². The van der Waals surface area contributed by atoms with Gasteiger partial charge < -0.3 is 9.47 Å². The Labute approximate surface area is 101 Å². The van der Waals surface area contributed by atoms with Gasteiger partial charge in [-0.05, 0) is 0 Å². The summed E-state index contributed by atoms with van der Waals surface area (Å²) in [6.45, 7) is 0. The maximum atomic E-state index is 12.6. The van der Waals surface area contributed by atoms with Gasteiger partial charge in [-0.3, -0.25) is 4.68 Å². The second-order valence-corrected chi connectivity index (χ2v) is 4.29. The molecule has 0 atom stereocenters. The second-order valence-electron chi connectivity index (χ2n) is 3.23. The topological polar surface area (TPSA) is 36.3 Å². The molecule has 0 amide bonds. The standard InChI is InChI=1S/C9H13F3N2O2S/c1-14-4-6(8(13-14)9(10,11)12)17-5-7(15-2)16-3/h4,7H,5H2,1-3H3. The van der Waals surface area contributed by atoms with E-state index in [9.17, 15) is 13.2 Å². The third kappa shape index (κ3) is 3.90. The lowest BCUT2D eigenvalue weighted by molar-refractivity contribution is -0.143. The summed E-state index contributed by atoms with van der Waals surface area (Å²) in [6, 6.07) is 0. The Morgan fingerprint density at radius 2 is 2.00 bits per heavy atom. The molecule has 17 heavy (non-hydrogen) atoms. The van der Waals surface area contributed by atoms with E-state index in [-0.39, 0.29) is 10.6 Å². The maximum Gasteiger partial charge on any atom is 0.436 e. The number of nitrogens with zero attached hydrogens (tertiary/aromatic N) is 2. The van der Waals surface area contributed by atoms with Gasteiger partial charge >= 0.3 is 6.18 Å². The monoisotopic (exact) mass is 270 g/mol. The van der Waals surface area contributed by atoms with Gasteiger partial charge in [0.15, 0.2) is 12.0 Å². The van der Waals surface area contributed by atoms with E-state index in [1.807, 2.05) is 0 Å². The molecule has 0 radical (unpaired) electrons. The fourth-order valence-corrected chi connectivity index (χ4v) is 2.27. The predicted molar refractivity (Wildman–Crippen MR) is 56.7 cm³/mol. The van der Waals surface area contributed by atoms with Gasteiger partial charge in [-0.15, -0.1) is 11.8 Å². The van der Waals surface area contributed by atoms with E-state index in [1.54, 1.807) is 0 Å². The summed E-state index contributed by atoms with van der Waals surface area (Å²) in [7, 11) is 4.31. The van der Waals surface area contributed by atoms with E-state index in [1.165, 1.54) is 27.5 Å². The Bertz CT molecular complexity index is 364. The number of rotatable bonds is 5. The first-order chi connectivity index (χ1) is 7.88. The third-order valence-electron chi connectivity index (χ3n) is 1.96. The Morgan fingerprint density at radius 3 is 2.47 bits per heavy atom. The predicted octanol–water partition coefficient (Wildman–Crippen LogP) is 2.15. The molecular formula is C9H13F3N2O2S. The smallest absolute Gasteiger partial charge is 0.355 e. The summed E-state index contributed by atoms with van der Waals surface area (Å²) in [5.41, 5.74) is -0.879. The van der Waals surface area contributed by atoms with Crippen LogP contribution in [0.2, 0.25) is 0 Å². The molecule has 0 aliphatic heterocycles. The Balaban J connectivity index is 2.77. The highest BCUT2D eigenvalue weighted by Crippen LogP contribution is 2.35. The lowest BCUT2D eigenvalue weighted by Gasteiger charge is -2.12. The van der Waals surface area contributed by atoms with Crippen LogP contribution in [0.25, 0.3) is 0 Å². The molecule has 0 aromatic carbocycles. The fraction of sp³-hybridized carbons (Fsp3) is 0.667. The van der Waals surface area contributed by atoms with E-state index < -0.39 is 18.2 Å². The van der Waals surface area contributed by atoms with Crippen molar-refractivity contribution in [1.29, 1.82) is 0 Å². The summed E-state index contributed by atoms with van der Waals surface area (Å²) < 4.78 is 48.7. The summed E-state index contributed by atoms with van der Waals surface area (Å²) >= 11 is 0.999. The zero-order chi connectivity index (χ0) is 13.1. The lowest BCUT2D eigenvalue weighted by Crippen LogP contribution is -2.16. The van der Waals surface area contributed by atoms with Crippen molar-refractivity contribution in [2.45, 2.75) is 17.4 Å². The van der Waals surface area contributed by atoms with Crippen LogP contribution in [-0.4, -0.2) is 36.0 Å². The van der Waals surface area contributed by atoms with E-state index in [2.05, 4.69) is 5.10 Å². The molecule has 1 aromatic heterocycles. The highest BCUT2D eigenvalue weighted by Gasteiger charge is 2.37. The molecule has 1 aromatic rings. The van der Waals surface area contributed by atoms with Crippen LogP contribution < -0.4 is 0 Å². The Hall–Kier alpha value is -0.730. The van der Waals surface area contributed by atoms with Crippen LogP contribution in [0, 0.1) is 0 Å². The first-order valence-corrected chi connectivity index (χ1v) is 5.66. The van der Waals surface area contributed by atoms with Crippen molar-refractivity contribution in [2.24, 2.45) is 7.05 Å². The Morgan fingerprint density at radius 1 is 1.41 bits per heavy atom.